The molecule has 0 bridgehead atoms. The predicted octanol–water partition coefficient (Wildman–Crippen LogP) is 5.36. The first-order valence-electron chi connectivity index (χ1n) is 26.3. The van der Waals surface area contributed by atoms with Crippen LogP contribution in [0.3, 0.4) is 0 Å². The van der Waals surface area contributed by atoms with E-state index in [-0.39, 0.29) is 92.6 Å². The Kier molecular flexibility index (Phi) is 18.0. The Morgan fingerprint density at radius 3 is 2.33 bits per heavy atom. The molecule has 9 rings (SSSR count). The van der Waals surface area contributed by atoms with Gasteiger partial charge in [-0.3, -0.25) is 53.0 Å². The Hall–Kier alpha value is -7.20. The van der Waals surface area contributed by atoms with E-state index in [0.717, 1.165) is 33.2 Å². The van der Waals surface area contributed by atoms with E-state index in [1.54, 1.807) is 18.2 Å². The third-order valence-corrected chi connectivity index (χ3v) is 18.8. The van der Waals surface area contributed by atoms with Gasteiger partial charge in [0, 0.05) is 82.5 Å². The summed E-state index contributed by atoms with van der Waals surface area (Å²) in [6.45, 7) is 0.0140. The first kappa shape index (κ1) is 58.5. The molecule has 9 amide bonds. The molecule has 0 aliphatic carbocycles. The highest BCUT2D eigenvalue weighted by atomic mass is 32.1. The molecular formula is C55H57F2N8O12PS3. The number of amides is 9. The van der Waals surface area contributed by atoms with Gasteiger partial charge in [-0.15, -0.1) is 34.0 Å². The van der Waals surface area contributed by atoms with Crippen molar-refractivity contribution in [1.82, 2.24) is 36.0 Å². The van der Waals surface area contributed by atoms with Crippen LogP contribution in [0.2, 0.25) is 0 Å². The highest BCUT2D eigenvalue weighted by molar-refractivity contribution is 7.52. The van der Waals surface area contributed by atoms with E-state index in [1.807, 2.05) is 35.0 Å². The van der Waals surface area contributed by atoms with Crippen molar-refractivity contribution < 1.29 is 66.3 Å². The fraction of sp³-hybridized carbons (Fsp3) is 0.400. The number of rotatable bonds is 19. The lowest BCUT2D eigenvalue weighted by atomic mass is 10.0. The second-order valence-corrected chi connectivity index (χ2v) is 24.9. The minimum absolute atomic E-state index is 0.0456. The summed E-state index contributed by atoms with van der Waals surface area (Å²) >= 11 is 3.72. The zero-order chi connectivity index (χ0) is 57.8. The Bertz CT molecular complexity index is 3360. The Morgan fingerprint density at radius 1 is 0.889 bits per heavy atom. The summed E-state index contributed by atoms with van der Waals surface area (Å²) in [6.07, 6.45) is 2.94. The van der Waals surface area contributed by atoms with Crippen LogP contribution in [0.5, 0.6) is 0 Å². The molecule has 0 spiro atoms. The molecule has 7 heterocycles. The number of piperidine rings is 1. The van der Waals surface area contributed by atoms with Gasteiger partial charge >= 0.3 is 13.3 Å². The normalized spacial score (nSPS) is 19.7. The number of halogens is 2. The van der Waals surface area contributed by atoms with Crippen molar-refractivity contribution in [3.8, 4) is 11.8 Å². The predicted molar refractivity (Wildman–Crippen MR) is 295 cm³/mol. The molecule has 26 heteroatoms. The van der Waals surface area contributed by atoms with Crippen molar-refractivity contribution in [2.24, 2.45) is 5.73 Å². The van der Waals surface area contributed by atoms with Gasteiger partial charge in [-0.25, -0.2) is 0 Å². The molecule has 2 aromatic carbocycles. The van der Waals surface area contributed by atoms with Crippen LogP contribution in [0, 0.1) is 11.8 Å². The number of carbonyl (C=O) groups excluding carboxylic acids is 9. The van der Waals surface area contributed by atoms with Crippen molar-refractivity contribution in [3.05, 3.63) is 114 Å². The number of benzene rings is 2. The quantitative estimate of drug-likeness (QED) is 0.0238. The van der Waals surface area contributed by atoms with E-state index in [1.165, 1.54) is 49.5 Å². The summed E-state index contributed by atoms with van der Waals surface area (Å²) in [4.78, 5) is 146. The number of imide groups is 1. The van der Waals surface area contributed by atoms with Crippen LogP contribution < -0.4 is 27.0 Å². The number of nitrogens with one attached hydrogen (secondary N) is 4. The largest absolute Gasteiger partial charge is 0.399 e. The van der Waals surface area contributed by atoms with Gasteiger partial charge in [-0.05, 0) is 109 Å². The average molecular weight is 1190 g/mol. The van der Waals surface area contributed by atoms with Crippen LogP contribution in [0.4, 0.5) is 8.78 Å². The molecule has 426 valence electrons. The highest BCUT2D eigenvalue weighted by Crippen LogP contribution is 2.59. The Morgan fingerprint density at radius 2 is 1.64 bits per heavy atom. The molecule has 3 fully saturated rings. The first-order valence-corrected chi connectivity index (χ1v) is 30.5. The molecule has 0 radical (unpaired) electrons. The summed E-state index contributed by atoms with van der Waals surface area (Å²) in [5.74, 6) is 1.32. The number of hydrogen-bond acceptors (Lipinski definition) is 13. The number of fused-ring (bicyclic) bond motifs is 3. The maximum Gasteiger partial charge on any atom is 0.399 e. The number of unbranched alkanes of at least 4 members (excludes halogenated alkanes) is 3. The van der Waals surface area contributed by atoms with Crippen molar-refractivity contribution in [2.45, 2.75) is 126 Å². The zero-order valence-electron chi connectivity index (χ0n) is 43.4. The van der Waals surface area contributed by atoms with E-state index in [4.69, 9.17) is 5.73 Å². The molecule has 4 aliphatic heterocycles. The number of nitrogens with zero attached hydrogens (tertiary/aromatic N) is 3. The van der Waals surface area contributed by atoms with Gasteiger partial charge in [-0.1, -0.05) is 42.5 Å². The first-order chi connectivity index (χ1) is 38.7. The van der Waals surface area contributed by atoms with Crippen LogP contribution in [0.15, 0.2) is 77.5 Å². The van der Waals surface area contributed by atoms with Gasteiger partial charge in [0.2, 0.25) is 41.4 Å². The minimum Gasteiger partial charge on any atom is -0.370 e. The number of alkyl halides is 2. The molecule has 3 aromatic heterocycles. The summed E-state index contributed by atoms with van der Waals surface area (Å²) in [5, 5.41) is 14.6. The van der Waals surface area contributed by atoms with Crippen LogP contribution in [-0.4, -0.2) is 121 Å². The maximum absolute atomic E-state index is 15.0. The monoisotopic (exact) mass is 1190 g/mol. The van der Waals surface area contributed by atoms with Gasteiger partial charge in [0.25, 0.3) is 11.8 Å². The fourth-order valence-electron chi connectivity index (χ4n) is 10.7. The lowest BCUT2D eigenvalue weighted by molar-refractivity contribution is -0.145. The minimum atomic E-state index is -5.92. The number of thiophene rings is 3. The topological polar surface area (TPSA) is 295 Å². The van der Waals surface area contributed by atoms with E-state index in [2.05, 4.69) is 33.1 Å². The summed E-state index contributed by atoms with van der Waals surface area (Å²) < 4.78 is 41.4. The summed E-state index contributed by atoms with van der Waals surface area (Å²) in [6, 6.07) is 11.0. The van der Waals surface area contributed by atoms with Crippen LogP contribution in [0.1, 0.15) is 130 Å². The molecule has 20 nitrogen and oxygen atoms in total. The average Bonchev–Trinajstić information content (AvgIpc) is 4.53. The number of nitrogens with two attached hydrogens (primary N) is 1. The van der Waals surface area contributed by atoms with Crippen LogP contribution in [-0.2, 0) is 50.3 Å². The van der Waals surface area contributed by atoms with Gasteiger partial charge in [0.15, 0.2) is 0 Å². The molecule has 81 heavy (non-hydrogen) atoms. The van der Waals surface area contributed by atoms with Crippen molar-refractivity contribution in [2.75, 3.05) is 13.1 Å². The third kappa shape index (κ3) is 13.1. The molecule has 5 aromatic rings. The molecule has 8 N–H and O–H groups in total. The van der Waals surface area contributed by atoms with Crippen LogP contribution >= 0.6 is 41.6 Å². The number of hydrogen-bond donors (Lipinski definition) is 7. The molecule has 1 unspecified atom stereocenters. The van der Waals surface area contributed by atoms with E-state index in [9.17, 15) is 66.3 Å². The molecule has 0 saturated carbocycles. The SMILES string of the molecule is NC(=O)CC[C@H](NC(=O)[C@@H]1CC[C@@H]2CCN(C(=O)CCCCCC#Cc3cccc4c3CN(C3CCC(=O)NC3=O)C4=O)C[C@H](NC(=O)c3cc4cc(C(F)(F)P(=O)(O)O)ccc4s3)C(=O)N21)C(=O)NC(c1cccs1)c1cccs1. The molecule has 3 saturated heterocycles. The van der Waals surface area contributed by atoms with Crippen LogP contribution in [0.25, 0.3) is 10.1 Å². The summed E-state index contributed by atoms with van der Waals surface area (Å²) in [7, 11) is -5.92. The van der Waals surface area contributed by atoms with Crippen molar-refractivity contribution in [3.63, 3.8) is 0 Å². The lowest BCUT2D eigenvalue weighted by Gasteiger charge is -2.39. The van der Waals surface area contributed by atoms with Gasteiger partial charge in [0.1, 0.15) is 24.2 Å². The Labute approximate surface area is 475 Å². The van der Waals surface area contributed by atoms with E-state index in [0.29, 0.717) is 53.5 Å². The zero-order valence-corrected chi connectivity index (χ0v) is 46.7. The second kappa shape index (κ2) is 24.9. The highest BCUT2D eigenvalue weighted by Gasteiger charge is 2.51. The van der Waals surface area contributed by atoms with Gasteiger partial charge < -0.3 is 46.2 Å². The molecule has 5 atom stereocenters. The Balaban J connectivity index is 0.881. The third-order valence-electron chi connectivity index (χ3n) is 14.9. The summed E-state index contributed by atoms with van der Waals surface area (Å²) in [5.41, 5.74) is 1.83. The number of primary amides is 1. The number of carbonyl (C=O) groups is 9. The van der Waals surface area contributed by atoms with Gasteiger partial charge in [0.05, 0.1) is 10.9 Å². The maximum atomic E-state index is 15.0. The fourth-order valence-corrected chi connectivity index (χ4v) is 13.7. The van der Waals surface area contributed by atoms with Crippen molar-refractivity contribution >= 4 is 105 Å². The van der Waals surface area contributed by atoms with E-state index >= 15 is 0 Å². The smallest absolute Gasteiger partial charge is 0.370 e. The standard InChI is InChI=1S/C55H57F2N8O12PS3/c56-55(57,78(75,76)77)33-15-20-41-32(27-33)28-44(81-41)52(72)60-38-30-63(47(68)14-5-3-1-2-4-9-31-10-6-11-35-36(31)29-64(53(35)73)39-19-22-46(67)61-50(39)70)24-23-34-16-18-40(65(34)54(38)74)51(71)59-37(17-21-45(58)66)49(69)62-48(42-12-7-25-79-42)43-13-8-26-80-43/h6-8,10-13,15,20,25-28,34,37-40,48H,1-3,5,14,16-19,21-24,29-30H2,(H2,58,66)(H,59,71)(H,60,72)(H,62,69)(H,61,67,70)(H2,75,76,77)/t34-,37+,38+,39?,40+/m1/s1. The molecular weight excluding hydrogens is 1130 g/mol. The van der Waals surface area contributed by atoms with E-state index < -0.39 is 90.5 Å². The lowest BCUT2D eigenvalue weighted by Crippen LogP contribution is -2.62. The molecule has 4 aliphatic rings. The van der Waals surface area contributed by atoms with Crippen molar-refractivity contribution in [1.29, 1.82) is 0 Å². The van der Waals surface area contributed by atoms with Gasteiger partial charge in [-0.2, -0.15) is 8.78 Å². The second-order valence-electron chi connectivity index (χ2n) is 20.2.